The summed E-state index contributed by atoms with van der Waals surface area (Å²) in [5.41, 5.74) is 2.68. The molecule has 0 aromatic heterocycles. The molecule has 16 heavy (non-hydrogen) atoms. The van der Waals surface area contributed by atoms with Gasteiger partial charge < -0.3 is 9.80 Å². The largest absolute Gasteiger partial charge is 0.381 e. The van der Waals surface area contributed by atoms with Crippen LogP contribution in [-0.4, -0.2) is 36.2 Å². The van der Waals surface area contributed by atoms with Crippen LogP contribution in [0, 0.1) is 0 Å². The van der Waals surface area contributed by atoms with E-state index < -0.39 is 0 Å². The molecule has 1 aliphatic carbocycles. The smallest absolute Gasteiger partial charge is 0.158 e. The van der Waals surface area contributed by atoms with Crippen LogP contribution < -0.4 is 0 Å². The predicted molar refractivity (Wildman–Crippen MR) is 64.6 cm³/mol. The lowest BCUT2D eigenvalue weighted by Crippen LogP contribution is -2.25. The fraction of sp³-hybridized carbons (Fsp3) is 0.462. The Morgan fingerprint density at radius 2 is 2.00 bits per heavy atom. The van der Waals surface area contributed by atoms with Crippen LogP contribution in [-0.2, 0) is 4.79 Å². The maximum atomic E-state index is 11.1. The standard InChI is InChI=1S/C13H18N2O/c1-14(2)11-3-5-12(6-4-11)15-9-7-13(16)8-10-15/h3,5,7,9H,4,6,8,10H2,1-2H3. The second-order valence-electron chi connectivity index (χ2n) is 4.44. The summed E-state index contributed by atoms with van der Waals surface area (Å²) in [6, 6.07) is 0. The lowest BCUT2D eigenvalue weighted by molar-refractivity contribution is -0.115. The number of carbonyl (C=O) groups is 1. The number of allylic oxidation sites excluding steroid dienone is 5. The maximum absolute atomic E-state index is 11.1. The highest BCUT2D eigenvalue weighted by molar-refractivity contribution is 5.90. The molecule has 0 aromatic carbocycles. The second-order valence-corrected chi connectivity index (χ2v) is 4.44. The molecular formula is C13H18N2O. The van der Waals surface area contributed by atoms with Crippen molar-refractivity contribution in [3.05, 3.63) is 35.8 Å². The van der Waals surface area contributed by atoms with Crippen molar-refractivity contribution in [2.75, 3.05) is 20.6 Å². The van der Waals surface area contributed by atoms with E-state index in [2.05, 4.69) is 36.0 Å². The van der Waals surface area contributed by atoms with Gasteiger partial charge in [-0.1, -0.05) is 0 Å². The molecule has 0 bridgehead atoms. The van der Waals surface area contributed by atoms with Crippen molar-refractivity contribution < 1.29 is 4.79 Å². The molecule has 0 radical (unpaired) electrons. The first-order valence-electron chi connectivity index (χ1n) is 5.71. The zero-order valence-corrected chi connectivity index (χ0v) is 9.94. The molecule has 2 rings (SSSR count). The van der Waals surface area contributed by atoms with E-state index >= 15 is 0 Å². The van der Waals surface area contributed by atoms with E-state index in [1.807, 2.05) is 6.20 Å². The first kappa shape index (κ1) is 11.0. The van der Waals surface area contributed by atoms with Gasteiger partial charge in [-0.15, -0.1) is 0 Å². The van der Waals surface area contributed by atoms with Crippen LogP contribution in [0.15, 0.2) is 35.8 Å². The Bertz CT molecular complexity index is 377. The van der Waals surface area contributed by atoms with Gasteiger partial charge in [0.25, 0.3) is 0 Å². The normalized spacial score (nSPS) is 20.6. The van der Waals surface area contributed by atoms with Gasteiger partial charge in [0.15, 0.2) is 5.78 Å². The molecule has 0 aromatic rings. The van der Waals surface area contributed by atoms with E-state index in [0.717, 1.165) is 19.4 Å². The number of rotatable bonds is 2. The quantitative estimate of drug-likeness (QED) is 0.707. The highest BCUT2D eigenvalue weighted by atomic mass is 16.1. The van der Waals surface area contributed by atoms with Crippen LogP contribution in [0.3, 0.4) is 0 Å². The Kier molecular flexibility index (Phi) is 3.13. The van der Waals surface area contributed by atoms with E-state index in [1.54, 1.807) is 6.08 Å². The molecule has 0 saturated carbocycles. The summed E-state index contributed by atoms with van der Waals surface area (Å²) < 4.78 is 0. The van der Waals surface area contributed by atoms with Gasteiger partial charge in [0, 0.05) is 44.7 Å². The predicted octanol–water partition coefficient (Wildman–Crippen LogP) is 1.90. The fourth-order valence-electron chi connectivity index (χ4n) is 2.03. The monoisotopic (exact) mass is 218 g/mol. The van der Waals surface area contributed by atoms with Crippen molar-refractivity contribution in [3.8, 4) is 0 Å². The van der Waals surface area contributed by atoms with Crippen LogP contribution in [0.2, 0.25) is 0 Å². The summed E-state index contributed by atoms with van der Waals surface area (Å²) in [7, 11) is 4.15. The van der Waals surface area contributed by atoms with Crippen molar-refractivity contribution in [1.29, 1.82) is 0 Å². The highest BCUT2D eigenvalue weighted by Crippen LogP contribution is 2.23. The summed E-state index contributed by atoms with van der Waals surface area (Å²) in [5, 5.41) is 0. The summed E-state index contributed by atoms with van der Waals surface area (Å²) in [4.78, 5) is 15.4. The molecular weight excluding hydrogens is 200 g/mol. The van der Waals surface area contributed by atoms with Crippen LogP contribution >= 0.6 is 0 Å². The Balaban J connectivity index is 2.07. The number of hydrogen-bond acceptors (Lipinski definition) is 3. The number of hydrogen-bond donors (Lipinski definition) is 0. The highest BCUT2D eigenvalue weighted by Gasteiger charge is 2.15. The molecule has 3 heteroatoms. The average molecular weight is 218 g/mol. The molecule has 2 aliphatic rings. The Labute approximate surface area is 96.7 Å². The molecule has 0 amide bonds. The minimum Gasteiger partial charge on any atom is -0.381 e. The molecule has 3 nitrogen and oxygen atoms in total. The van der Waals surface area contributed by atoms with E-state index in [-0.39, 0.29) is 5.78 Å². The van der Waals surface area contributed by atoms with Crippen molar-refractivity contribution in [3.63, 3.8) is 0 Å². The molecule has 0 unspecified atom stereocenters. The minimum absolute atomic E-state index is 0.234. The third-order valence-electron chi connectivity index (χ3n) is 3.09. The van der Waals surface area contributed by atoms with E-state index in [9.17, 15) is 4.79 Å². The van der Waals surface area contributed by atoms with Gasteiger partial charge in [0.1, 0.15) is 0 Å². The molecule has 0 atom stereocenters. The number of carbonyl (C=O) groups excluding carboxylic acids is 1. The summed E-state index contributed by atoms with van der Waals surface area (Å²) >= 11 is 0. The lowest BCUT2D eigenvalue weighted by atomic mass is 10.0. The third kappa shape index (κ3) is 2.35. The zero-order valence-electron chi connectivity index (χ0n) is 9.94. The van der Waals surface area contributed by atoms with Gasteiger partial charge >= 0.3 is 0 Å². The zero-order chi connectivity index (χ0) is 11.5. The fourth-order valence-corrected chi connectivity index (χ4v) is 2.03. The molecule has 0 saturated heterocycles. The van der Waals surface area contributed by atoms with Crippen molar-refractivity contribution in [2.45, 2.75) is 19.3 Å². The van der Waals surface area contributed by atoms with Crippen LogP contribution in [0.25, 0.3) is 0 Å². The first-order chi connectivity index (χ1) is 7.66. The van der Waals surface area contributed by atoms with Crippen molar-refractivity contribution in [1.82, 2.24) is 9.80 Å². The van der Waals surface area contributed by atoms with E-state index in [1.165, 1.54) is 11.4 Å². The number of nitrogens with zero attached hydrogens (tertiary/aromatic N) is 2. The lowest BCUT2D eigenvalue weighted by Gasteiger charge is -2.29. The first-order valence-corrected chi connectivity index (χ1v) is 5.71. The molecule has 0 N–H and O–H groups in total. The average Bonchev–Trinajstić information content (AvgIpc) is 2.30. The van der Waals surface area contributed by atoms with Gasteiger partial charge in [0.2, 0.25) is 0 Å². The SMILES string of the molecule is CN(C)C1=CC=C(N2C=CC(=O)CC2)CC1. The Hall–Kier alpha value is -1.51. The van der Waals surface area contributed by atoms with Gasteiger partial charge in [0.05, 0.1) is 0 Å². The number of ketones is 1. The summed E-state index contributed by atoms with van der Waals surface area (Å²) in [6.45, 7) is 0.826. The van der Waals surface area contributed by atoms with E-state index in [4.69, 9.17) is 0 Å². The topological polar surface area (TPSA) is 23.6 Å². The van der Waals surface area contributed by atoms with Crippen LogP contribution in [0.4, 0.5) is 0 Å². The molecule has 1 aliphatic heterocycles. The van der Waals surface area contributed by atoms with E-state index in [0.29, 0.717) is 6.42 Å². The van der Waals surface area contributed by atoms with Crippen LogP contribution in [0.5, 0.6) is 0 Å². The third-order valence-corrected chi connectivity index (χ3v) is 3.09. The summed E-state index contributed by atoms with van der Waals surface area (Å²) in [6.07, 6.45) is 10.7. The Morgan fingerprint density at radius 3 is 2.50 bits per heavy atom. The van der Waals surface area contributed by atoms with Gasteiger partial charge in [-0.25, -0.2) is 0 Å². The molecule has 86 valence electrons. The molecule has 1 heterocycles. The minimum atomic E-state index is 0.234. The molecule has 0 spiro atoms. The summed E-state index contributed by atoms with van der Waals surface area (Å²) in [5.74, 6) is 0.234. The Morgan fingerprint density at radius 1 is 1.19 bits per heavy atom. The molecule has 0 fully saturated rings. The van der Waals surface area contributed by atoms with Gasteiger partial charge in [-0.05, 0) is 31.1 Å². The van der Waals surface area contributed by atoms with Crippen molar-refractivity contribution in [2.24, 2.45) is 0 Å². The van der Waals surface area contributed by atoms with Gasteiger partial charge in [-0.2, -0.15) is 0 Å². The second kappa shape index (κ2) is 4.56. The van der Waals surface area contributed by atoms with Gasteiger partial charge in [-0.3, -0.25) is 4.79 Å². The maximum Gasteiger partial charge on any atom is 0.158 e. The van der Waals surface area contributed by atoms with Crippen LogP contribution in [0.1, 0.15) is 19.3 Å². The van der Waals surface area contributed by atoms with Crippen molar-refractivity contribution >= 4 is 5.78 Å².